The first-order chi connectivity index (χ1) is 9.28. The molecule has 0 aromatic carbocycles. The van der Waals surface area contributed by atoms with Gasteiger partial charge in [-0.25, -0.2) is 0 Å². The molecule has 1 aromatic heterocycles. The van der Waals surface area contributed by atoms with Crippen LogP contribution in [0.2, 0.25) is 0 Å². The molecule has 2 heterocycles. The van der Waals surface area contributed by atoms with E-state index in [2.05, 4.69) is 11.4 Å². The molecule has 1 amide bonds. The Morgan fingerprint density at radius 2 is 2.20 bits per heavy atom. The normalized spacial score (nSPS) is 25.2. The van der Waals surface area contributed by atoms with Gasteiger partial charge in [-0.05, 0) is 37.1 Å². The van der Waals surface area contributed by atoms with E-state index in [1.165, 1.54) is 4.88 Å². The molecule has 0 unspecified atom stereocenters. The molecule has 0 spiro atoms. The maximum absolute atomic E-state index is 12.6. The standard InChI is InChI=1S/C14H20N2O2S.ClH/c15-8-11-5-6-13(18-11)14(17)16(10-3-4-10)9-12-2-1-7-19-12;/h1-2,7,10-11,13H,3-6,8-9,15H2;1H/t11-,13+;/m1./s1. The number of carbonyl (C=O) groups is 1. The van der Waals surface area contributed by atoms with E-state index in [0.717, 1.165) is 32.2 Å². The Bertz CT molecular complexity index is 436. The molecule has 1 aromatic rings. The van der Waals surface area contributed by atoms with Gasteiger partial charge in [0.1, 0.15) is 6.10 Å². The number of hydrogen-bond acceptors (Lipinski definition) is 4. The minimum absolute atomic E-state index is 0. The van der Waals surface area contributed by atoms with E-state index in [0.29, 0.717) is 12.6 Å². The highest BCUT2D eigenvalue weighted by atomic mass is 35.5. The summed E-state index contributed by atoms with van der Waals surface area (Å²) in [6.07, 6.45) is 3.78. The number of thiophene rings is 1. The van der Waals surface area contributed by atoms with E-state index >= 15 is 0 Å². The fraction of sp³-hybridized carbons (Fsp3) is 0.643. The summed E-state index contributed by atoms with van der Waals surface area (Å²) < 4.78 is 5.74. The minimum Gasteiger partial charge on any atom is -0.364 e. The van der Waals surface area contributed by atoms with Crippen LogP contribution in [0.3, 0.4) is 0 Å². The maximum Gasteiger partial charge on any atom is 0.252 e. The Kier molecular flexibility index (Phi) is 5.43. The van der Waals surface area contributed by atoms with Crippen LogP contribution in [-0.2, 0) is 16.1 Å². The second-order valence-corrected chi connectivity index (χ2v) is 6.37. The zero-order chi connectivity index (χ0) is 13.2. The van der Waals surface area contributed by atoms with E-state index < -0.39 is 0 Å². The van der Waals surface area contributed by atoms with Crippen molar-refractivity contribution in [3.8, 4) is 0 Å². The van der Waals surface area contributed by atoms with Gasteiger partial charge in [-0.3, -0.25) is 4.79 Å². The zero-order valence-corrected chi connectivity index (χ0v) is 13.0. The number of carbonyl (C=O) groups excluding carboxylic acids is 1. The van der Waals surface area contributed by atoms with Crippen molar-refractivity contribution in [2.24, 2.45) is 5.73 Å². The van der Waals surface area contributed by atoms with Gasteiger partial charge in [0.05, 0.1) is 12.6 Å². The van der Waals surface area contributed by atoms with E-state index in [-0.39, 0.29) is 30.5 Å². The summed E-state index contributed by atoms with van der Waals surface area (Å²) >= 11 is 1.71. The van der Waals surface area contributed by atoms with Gasteiger partial charge in [0.2, 0.25) is 0 Å². The number of hydrogen-bond donors (Lipinski definition) is 1. The second-order valence-electron chi connectivity index (χ2n) is 5.34. The average Bonchev–Trinajstić information content (AvgIpc) is 2.95. The van der Waals surface area contributed by atoms with Crippen molar-refractivity contribution >= 4 is 29.7 Å². The quantitative estimate of drug-likeness (QED) is 0.905. The molecule has 1 saturated carbocycles. The summed E-state index contributed by atoms with van der Waals surface area (Å²) in [7, 11) is 0. The largest absolute Gasteiger partial charge is 0.364 e. The molecule has 0 bridgehead atoms. The molecule has 20 heavy (non-hydrogen) atoms. The van der Waals surface area contributed by atoms with Crippen LogP contribution in [0.5, 0.6) is 0 Å². The Labute approximate surface area is 129 Å². The van der Waals surface area contributed by atoms with Gasteiger partial charge in [0, 0.05) is 17.5 Å². The zero-order valence-electron chi connectivity index (χ0n) is 11.4. The molecule has 2 fully saturated rings. The molecule has 6 heteroatoms. The highest BCUT2D eigenvalue weighted by Crippen LogP contribution is 2.32. The monoisotopic (exact) mass is 316 g/mol. The minimum atomic E-state index is -0.269. The lowest BCUT2D eigenvalue weighted by molar-refractivity contribution is -0.144. The first-order valence-corrected chi connectivity index (χ1v) is 7.84. The van der Waals surface area contributed by atoms with Crippen LogP contribution in [-0.4, -0.2) is 35.6 Å². The number of rotatable bonds is 5. The van der Waals surface area contributed by atoms with Crippen molar-refractivity contribution < 1.29 is 9.53 Å². The first kappa shape index (κ1) is 15.8. The molecule has 2 atom stereocenters. The van der Waals surface area contributed by atoms with E-state index in [4.69, 9.17) is 10.5 Å². The second kappa shape index (κ2) is 6.89. The van der Waals surface area contributed by atoms with Crippen LogP contribution in [0.1, 0.15) is 30.6 Å². The predicted octanol–water partition coefficient (Wildman–Crippen LogP) is 2.17. The lowest BCUT2D eigenvalue weighted by atomic mass is 10.1. The van der Waals surface area contributed by atoms with Crippen molar-refractivity contribution in [1.82, 2.24) is 4.90 Å². The number of ether oxygens (including phenoxy) is 1. The molecule has 0 radical (unpaired) electrons. The van der Waals surface area contributed by atoms with Crippen molar-refractivity contribution in [3.05, 3.63) is 22.4 Å². The highest BCUT2D eigenvalue weighted by Gasteiger charge is 2.39. The summed E-state index contributed by atoms with van der Waals surface area (Å²) in [5.74, 6) is 0.159. The molecule has 3 rings (SSSR count). The van der Waals surface area contributed by atoms with Crippen LogP contribution in [0.15, 0.2) is 17.5 Å². The van der Waals surface area contributed by atoms with Crippen LogP contribution >= 0.6 is 23.7 Å². The van der Waals surface area contributed by atoms with E-state index in [9.17, 15) is 4.79 Å². The Morgan fingerprint density at radius 3 is 2.75 bits per heavy atom. The Balaban J connectivity index is 0.00000147. The molecular weight excluding hydrogens is 296 g/mol. The van der Waals surface area contributed by atoms with Crippen LogP contribution in [0.25, 0.3) is 0 Å². The van der Waals surface area contributed by atoms with Gasteiger partial charge in [-0.15, -0.1) is 23.7 Å². The summed E-state index contributed by atoms with van der Waals surface area (Å²) in [4.78, 5) is 15.8. The smallest absolute Gasteiger partial charge is 0.252 e. The third-order valence-electron chi connectivity index (χ3n) is 3.82. The van der Waals surface area contributed by atoms with Gasteiger partial charge >= 0.3 is 0 Å². The fourth-order valence-electron chi connectivity index (χ4n) is 2.59. The van der Waals surface area contributed by atoms with Crippen molar-refractivity contribution in [3.63, 3.8) is 0 Å². The maximum atomic E-state index is 12.6. The van der Waals surface area contributed by atoms with Crippen molar-refractivity contribution in [2.45, 2.75) is 50.5 Å². The van der Waals surface area contributed by atoms with E-state index in [1.54, 1.807) is 11.3 Å². The SMILES string of the molecule is Cl.NC[C@H]1CC[C@@H](C(=O)N(Cc2cccs2)C2CC2)O1. The third kappa shape index (κ3) is 3.52. The number of nitrogens with two attached hydrogens (primary N) is 1. The predicted molar refractivity (Wildman–Crippen MR) is 82.1 cm³/mol. The number of nitrogens with zero attached hydrogens (tertiary/aromatic N) is 1. The molecule has 112 valence electrons. The fourth-order valence-corrected chi connectivity index (χ4v) is 3.29. The molecule has 1 aliphatic carbocycles. The summed E-state index contributed by atoms with van der Waals surface area (Å²) in [6.45, 7) is 1.24. The number of amides is 1. The van der Waals surface area contributed by atoms with Crippen LogP contribution in [0.4, 0.5) is 0 Å². The molecular formula is C14H21ClN2O2S. The van der Waals surface area contributed by atoms with Crippen LogP contribution in [0, 0.1) is 0 Å². The van der Waals surface area contributed by atoms with Crippen molar-refractivity contribution in [2.75, 3.05) is 6.54 Å². The van der Waals surface area contributed by atoms with Crippen molar-refractivity contribution in [1.29, 1.82) is 0 Å². The summed E-state index contributed by atoms with van der Waals surface area (Å²) in [6, 6.07) is 4.55. The lowest BCUT2D eigenvalue weighted by Gasteiger charge is -2.25. The lowest BCUT2D eigenvalue weighted by Crippen LogP contribution is -2.40. The Morgan fingerprint density at radius 1 is 1.40 bits per heavy atom. The first-order valence-electron chi connectivity index (χ1n) is 6.96. The average molecular weight is 317 g/mol. The van der Waals surface area contributed by atoms with Gasteiger partial charge in [0.25, 0.3) is 5.91 Å². The topological polar surface area (TPSA) is 55.6 Å². The van der Waals surface area contributed by atoms with E-state index in [1.807, 2.05) is 11.0 Å². The van der Waals surface area contributed by atoms with Crippen LogP contribution < -0.4 is 5.73 Å². The van der Waals surface area contributed by atoms with Gasteiger partial charge in [-0.1, -0.05) is 6.07 Å². The molecule has 1 aliphatic heterocycles. The molecule has 2 aliphatic rings. The van der Waals surface area contributed by atoms with Gasteiger partial charge < -0.3 is 15.4 Å². The summed E-state index contributed by atoms with van der Waals surface area (Å²) in [5.41, 5.74) is 5.61. The molecule has 1 saturated heterocycles. The number of halogens is 1. The highest BCUT2D eigenvalue weighted by molar-refractivity contribution is 7.09. The summed E-state index contributed by atoms with van der Waals surface area (Å²) in [5, 5.41) is 2.06. The van der Waals surface area contributed by atoms with Gasteiger partial charge in [0.15, 0.2) is 0 Å². The third-order valence-corrected chi connectivity index (χ3v) is 4.68. The van der Waals surface area contributed by atoms with Gasteiger partial charge in [-0.2, -0.15) is 0 Å². The molecule has 2 N–H and O–H groups in total. The molecule has 4 nitrogen and oxygen atoms in total. The Hall–Kier alpha value is -0.620.